The van der Waals surface area contributed by atoms with E-state index in [1.165, 1.54) is 6.07 Å². The predicted molar refractivity (Wildman–Crippen MR) is 67.6 cm³/mol. The van der Waals surface area contributed by atoms with Gasteiger partial charge in [0.25, 0.3) is 6.43 Å². The molecular weight excluding hydrogens is 278 g/mol. The molecule has 0 aliphatic rings. The smallest absolute Gasteiger partial charge is 0.261 e. The summed E-state index contributed by atoms with van der Waals surface area (Å²) in [7, 11) is -3.71. The van der Waals surface area contributed by atoms with Gasteiger partial charge in [-0.15, -0.1) is 0 Å². The van der Waals surface area contributed by atoms with Crippen molar-refractivity contribution in [1.29, 1.82) is 0 Å². The fraction of sp³-hybridized carbons (Fsp3) is 0.455. The van der Waals surface area contributed by atoms with Crippen LogP contribution in [0.15, 0.2) is 23.1 Å². The third kappa shape index (κ3) is 5.09. The highest BCUT2D eigenvalue weighted by molar-refractivity contribution is 7.89. The first-order valence-corrected chi connectivity index (χ1v) is 7.03. The van der Waals surface area contributed by atoms with E-state index >= 15 is 0 Å². The van der Waals surface area contributed by atoms with E-state index in [0.717, 1.165) is 0 Å². The molecule has 0 bridgehead atoms. The molecule has 0 atom stereocenters. The second kappa shape index (κ2) is 6.78. The number of nitrogens with two attached hydrogens (primary N) is 1. The Morgan fingerprint density at radius 2 is 2.11 bits per heavy atom. The van der Waals surface area contributed by atoms with E-state index in [1.807, 2.05) is 0 Å². The van der Waals surface area contributed by atoms with Crippen molar-refractivity contribution in [2.75, 3.05) is 25.5 Å². The van der Waals surface area contributed by atoms with Gasteiger partial charge < -0.3 is 10.5 Å². The maximum Gasteiger partial charge on any atom is 0.261 e. The first-order valence-electron chi connectivity index (χ1n) is 5.54. The molecule has 0 aliphatic heterocycles. The summed E-state index contributed by atoms with van der Waals surface area (Å²) >= 11 is 0. The molecule has 0 unspecified atom stereocenters. The van der Waals surface area contributed by atoms with Crippen LogP contribution in [0.3, 0.4) is 0 Å². The largest absolute Gasteiger partial charge is 0.399 e. The average Bonchev–Trinajstić information content (AvgIpc) is 2.31. The number of anilines is 1. The third-order valence-electron chi connectivity index (χ3n) is 2.28. The highest BCUT2D eigenvalue weighted by Crippen LogP contribution is 2.17. The minimum Gasteiger partial charge on any atom is -0.399 e. The van der Waals surface area contributed by atoms with Crippen LogP contribution >= 0.6 is 0 Å². The van der Waals surface area contributed by atoms with Gasteiger partial charge in [0.05, 0.1) is 11.5 Å². The second-order valence-corrected chi connectivity index (χ2v) is 5.62. The number of nitrogen functional groups attached to an aromatic ring is 1. The molecule has 0 spiro atoms. The molecule has 1 aromatic rings. The van der Waals surface area contributed by atoms with Gasteiger partial charge in [0.1, 0.15) is 6.61 Å². The van der Waals surface area contributed by atoms with E-state index in [0.29, 0.717) is 11.3 Å². The Bertz CT molecular complexity index is 521. The number of hydrogen-bond donors (Lipinski definition) is 2. The van der Waals surface area contributed by atoms with E-state index in [9.17, 15) is 17.2 Å². The number of sulfonamides is 1. The molecule has 5 nitrogen and oxygen atoms in total. The molecule has 8 heteroatoms. The Hall–Kier alpha value is -1.25. The highest BCUT2D eigenvalue weighted by atomic mass is 32.2. The van der Waals surface area contributed by atoms with Crippen molar-refractivity contribution in [2.24, 2.45) is 0 Å². The molecule has 0 saturated heterocycles. The zero-order valence-electron chi connectivity index (χ0n) is 10.4. The molecule has 0 radical (unpaired) electrons. The van der Waals surface area contributed by atoms with Gasteiger partial charge >= 0.3 is 0 Å². The van der Waals surface area contributed by atoms with E-state index in [1.54, 1.807) is 19.1 Å². The van der Waals surface area contributed by atoms with Crippen molar-refractivity contribution in [3.63, 3.8) is 0 Å². The molecule has 0 fully saturated rings. The fourth-order valence-electron chi connectivity index (χ4n) is 1.40. The van der Waals surface area contributed by atoms with Gasteiger partial charge in [-0.1, -0.05) is 6.07 Å². The lowest BCUT2D eigenvalue weighted by atomic mass is 10.2. The van der Waals surface area contributed by atoms with Crippen LogP contribution in [-0.2, 0) is 14.8 Å². The summed E-state index contributed by atoms with van der Waals surface area (Å²) in [5.74, 6) is 0. The quantitative estimate of drug-likeness (QED) is 0.583. The van der Waals surface area contributed by atoms with Crippen molar-refractivity contribution >= 4 is 15.7 Å². The predicted octanol–water partition coefficient (Wildman–Crippen LogP) is 1.14. The normalized spacial score (nSPS) is 12.0. The van der Waals surface area contributed by atoms with E-state index < -0.39 is 23.1 Å². The van der Waals surface area contributed by atoms with E-state index in [4.69, 9.17) is 5.73 Å². The molecule has 108 valence electrons. The van der Waals surface area contributed by atoms with Gasteiger partial charge in [0, 0.05) is 12.2 Å². The number of benzene rings is 1. The van der Waals surface area contributed by atoms with Crippen LogP contribution in [0.2, 0.25) is 0 Å². The topological polar surface area (TPSA) is 81.4 Å². The summed E-state index contributed by atoms with van der Waals surface area (Å²) in [5.41, 5.74) is 6.42. The third-order valence-corrected chi connectivity index (χ3v) is 3.89. The van der Waals surface area contributed by atoms with Crippen molar-refractivity contribution in [1.82, 2.24) is 4.72 Å². The molecule has 1 aromatic carbocycles. The monoisotopic (exact) mass is 294 g/mol. The van der Waals surface area contributed by atoms with Crippen LogP contribution in [0.25, 0.3) is 0 Å². The number of aryl methyl sites for hydroxylation is 1. The Morgan fingerprint density at radius 3 is 2.74 bits per heavy atom. The summed E-state index contributed by atoms with van der Waals surface area (Å²) < 4.78 is 54.3. The molecule has 0 saturated carbocycles. The fourth-order valence-corrected chi connectivity index (χ4v) is 2.70. The maximum atomic E-state index is 11.9. The lowest BCUT2D eigenvalue weighted by Gasteiger charge is -2.10. The summed E-state index contributed by atoms with van der Waals surface area (Å²) in [4.78, 5) is 0.0707. The Balaban J connectivity index is 2.59. The van der Waals surface area contributed by atoms with E-state index in [2.05, 4.69) is 9.46 Å². The number of rotatable bonds is 7. The first kappa shape index (κ1) is 15.8. The van der Waals surface area contributed by atoms with Gasteiger partial charge in [-0.05, 0) is 24.6 Å². The molecule has 0 heterocycles. The number of nitrogens with one attached hydrogen (secondary N) is 1. The van der Waals surface area contributed by atoms with Gasteiger partial charge in [0.2, 0.25) is 10.0 Å². The number of ether oxygens (including phenoxy) is 1. The number of alkyl halides is 2. The molecule has 0 aromatic heterocycles. The van der Waals surface area contributed by atoms with Gasteiger partial charge in [-0.2, -0.15) is 0 Å². The lowest BCUT2D eigenvalue weighted by molar-refractivity contribution is 0.0199. The minimum absolute atomic E-state index is 0.0707. The van der Waals surface area contributed by atoms with Gasteiger partial charge in [0.15, 0.2) is 0 Å². The summed E-state index contributed by atoms with van der Waals surface area (Å²) in [6.07, 6.45) is -2.56. The molecule has 0 amide bonds. The summed E-state index contributed by atoms with van der Waals surface area (Å²) in [6.45, 7) is 0.731. The highest BCUT2D eigenvalue weighted by Gasteiger charge is 2.16. The van der Waals surface area contributed by atoms with Crippen LogP contribution in [0.5, 0.6) is 0 Å². The van der Waals surface area contributed by atoms with Crippen LogP contribution in [-0.4, -0.2) is 34.6 Å². The van der Waals surface area contributed by atoms with Gasteiger partial charge in [-0.25, -0.2) is 21.9 Å². The number of hydrogen-bond acceptors (Lipinski definition) is 4. The molecule has 19 heavy (non-hydrogen) atoms. The van der Waals surface area contributed by atoms with Crippen LogP contribution < -0.4 is 10.5 Å². The second-order valence-electron chi connectivity index (χ2n) is 3.89. The molecular formula is C11H16F2N2O3S. The maximum absolute atomic E-state index is 11.9. The zero-order chi connectivity index (χ0) is 14.5. The first-order chi connectivity index (χ1) is 8.83. The summed E-state index contributed by atoms with van der Waals surface area (Å²) in [6, 6.07) is 4.54. The standard InChI is InChI=1S/C11H16F2N2O3S/c1-8-2-3-9(14)6-10(8)19(16,17)15-4-5-18-7-11(12)13/h2-3,6,11,15H,4-5,7,14H2,1H3. The Labute approximate surface area is 110 Å². The zero-order valence-corrected chi connectivity index (χ0v) is 11.2. The molecule has 0 aliphatic carbocycles. The van der Waals surface area contributed by atoms with Crippen LogP contribution in [0.4, 0.5) is 14.5 Å². The lowest BCUT2D eigenvalue weighted by Crippen LogP contribution is -2.28. The van der Waals surface area contributed by atoms with Gasteiger partial charge in [-0.3, -0.25) is 0 Å². The van der Waals surface area contributed by atoms with Crippen molar-refractivity contribution in [3.8, 4) is 0 Å². The van der Waals surface area contributed by atoms with Crippen molar-refractivity contribution in [2.45, 2.75) is 18.2 Å². The van der Waals surface area contributed by atoms with Crippen LogP contribution in [0, 0.1) is 6.92 Å². The Kier molecular flexibility index (Phi) is 5.64. The van der Waals surface area contributed by atoms with Crippen molar-refractivity contribution < 1.29 is 21.9 Å². The van der Waals surface area contributed by atoms with Crippen LogP contribution in [0.1, 0.15) is 5.56 Å². The molecule has 1 rings (SSSR count). The molecule has 3 N–H and O–H groups in total. The summed E-state index contributed by atoms with van der Waals surface area (Å²) in [5, 5.41) is 0. The SMILES string of the molecule is Cc1ccc(N)cc1S(=O)(=O)NCCOCC(F)F. The van der Waals surface area contributed by atoms with E-state index in [-0.39, 0.29) is 18.0 Å². The average molecular weight is 294 g/mol. The number of halogens is 2. The minimum atomic E-state index is -3.71. The Morgan fingerprint density at radius 1 is 1.42 bits per heavy atom. The van der Waals surface area contributed by atoms with Crippen molar-refractivity contribution in [3.05, 3.63) is 23.8 Å².